The number of fused-ring (bicyclic) bond motifs is 1. The van der Waals surface area contributed by atoms with E-state index in [-0.39, 0.29) is 6.04 Å². The van der Waals surface area contributed by atoms with Crippen LogP contribution in [0.4, 0.5) is 0 Å². The summed E-state index contributed by atoms with van der Waals surface area (Å²) in [5, 5.41) is 1.36. The van der Waals surface area contributed by atoms with E-state index in [0.29, 0.717) is 0 Å². The second-order valence-corrected chi connectivity index (χ2v) is 4.65. The number of hydrogen-bond acceptors (Lipinski definition) is 1. The molecule has 16 heavy (non-hydrogen) atoms. The molecule has 2 heteroatoms. The van der Waals surface area contributed by atoms with E-state index in [1.54, 1.807) is 0 Å². The minimum atomic E-state index is 0.218. The van der Waals surface area contributed by atoms with Crippen molar-refractivity contribution in [2.24, 2.45) is 12.8 Å². The minimum absolute atomic E-state index is 0.218. The molecule has 0 bridgehead atoms. The highest BCUT2D eigenvalue weighted by atomic mass is 14.9. The van der Waals surface area contributed by atoms with Crippen LogP contribution in [0.15, 0.2) is 24.4 Å². The molecule has 1 atom stereocenters. The van der Waals surface area contributed by atoms with Gasteiger partial charge in [0.05, 0.1) is 0 Å². The van der Waals surface area contributed by atoms with Gasteiger partial charge >= 0.3 is 0 Å². The van der Waals surface area contributed by atoms with Crippen molar-refractivity contribution in [3.63, 3.8) is 0 Å². The van der Waals surface area contributed by atoms with E-state index in [9.17, 15) is 0 Å². The van der Waals surface area contributed by atoms with Crippen LogP contribution in [-0.4, -0.2) is 10.6 Å². The molecule has 0 aliphatic rings. The van der Waals surface area contributed by atoms with E-state index in [1.165, 1.54) is 22.0 Å². The SMILES string of the molecule is CCc1ccc2c(c1)c(CC(C)N)cn2C. The molecular formula is C14H20N2. The van der Waals surface area contributed by atoms with Crippen molar-refractivity contribution in [3.8, 4) is 0 Å². The molecule has 0 radical (unpaired) electrons. The van der Waals surface area contributed by atoms with Crippen molar-refractivity contribution in [1.29, 1.82) is 0 Å². The van der Waals surface area contributed by atoms with Gasteiger partial charge in [-0.05, 0) is 43.0 Å². The number of nitrogens with zero attached hydrogens (tertiary/aromatic N) is 1. The first-order valence-corrected chi connectivity index (χ1v) is 5.94. The molecule has 0 saturated carbocycles. The van der Waals surface area contributed by atoms with E-state index in [0.717, 1.165) is 12.8 Å². The maximum atomic E-state index is 5.89. The fourth-order valence-electron chi connectivity index (χ4n) is 2.25. The Morgan fingerprint density at radius 1 is 1.38 bits per heavy atom. The van der Waals surface area contributed by atoms with Gasteiger partial charge in [-0.25, -0.2) is 0 Å². The summed E-state index contributed by atoms with van der Waals surface area (Å²) < 4.78 is 2.19. The average Bonchev–Trinajstić information content (AvgIpc) is 2.54. The maximum Gasteiger partial charge on any atom is 0.0480 e. The van der Waals surface area contributed by atoms with Crippen molar-refractivity contribution in [3.05, 3.63) is 35.5 Å². The average molecular weight is 216 g/mol. The van der Waals surface area contributed by atoms with Crippen molar-refractivity contribution in [2.75, 3.05) is 0 Å². The van der Waals surface area contributed by atoms with E-state index in [1.807, 2.05) is 0 Å². The quantitative estimate of drug-likeness (QED) is 0.840. The molecule has 86 valence electrons. The largest absolute Gasteiger partial charge is 0.350 e. The Morgan fingerprint density at radius 3 is 2.75 bits per heavy atom. The predicted molar refractivity (Wildman–Crippen MR) is 69.7 cm³/mol. The van der Waals surface area contributed by atoms with Gasteiger partial charge in [-0.1, -0.05) is 13.0 Å². The van der Waals surface area contributed by atoms with Gasteiger partial charge in [-0.15, -0.1) is 0 Å². The Kier molecular flexibility index (Phi) is 3.01. The van der Waals surface area contributed by atoms with E-state index < -0.39 is 0 Å². The van der Waals surface area contributed by atoms with Gasteiger partial charge in [0, 0.05) is 30.2 Å². The minimum Gasteiger partial charge on any atom is -0.350 e. The summed E-state index contributed by atoms with van der Waals surface area (Å²) in [6.45, 7) is 4.25. The Balaban J connectivity index is 2.56. The third-order valence-corrected chi connectivity index (χ3v) is 3.09. The molecule has 0 amide bonds. The van der Waals surface area contributed by atoms with Gasteiger partial charge in [-0.2, -0.15) is 0 Å². The third kappa shape index (κ3) is 1.98. The van der Waals surface area contributed by atoms with Crippen molar-refractivity contribution in [2.45, 2.75) is 32.7 Å². The zero-order valence-electron chi connectivity index (χ0n) is 10.3. The number of aryl methyl sites for hydroxylation is 2. The summed E-state index contributed by atoms with van der Waals surface area (Å²) in [5.41, 5.74) is 9.94. The number of hydrogen-bond donors (Lipinski definition) is 1. The molecule has 0 fully saturated rings. The summed E-state index contributed by atoms with van der Waals surface area (Å²) in [6.07, 6.45) is 4.24. The normalized spacial score (nSPS) is 13.2. The second kappa shape index (κ2) is 4.30. The molecule has 2 nitrogen and oxygen atoms in total. The number of rotatable bonds is 3. The van der Waals surface area contributed by atoms with Crippen molar-refractivity contribution in [1.82, 2.24) is 4.57 Å². The fraction of sp³-hybridized carbons (Fsp3) is 0.429. The van der Waals surface area contributed by atoms with Gasteiger partial charge in [0.25, 0.3) is 0 Å². The predicted octanol–water partition coefficient (Wildman–Crippen LogP) is 2.63. The molecular weight excluding hydrogens is 196 g/mol. The highest BCUT2D eigenvalue weighted by molar-refractivity contribution is 5.84. The lowest BCUT2D eigenvalue weighted by Gasteiger charge is -2.04. The summed E-state index contributed by atoms with van der Waals surface area (Å²) in [6, 6.07) is 6.93. The third-order valence-electron chi connectivity index (χ3n) is 3.09. The monoisotopic (exact) mass is 216 g/mol. The molecule has 0 aliphatic heterocycles. The summed E-state index contributed by atoms with van der Waals surface area (Å²) in [5.74, 6) is 0. The lowest BCUT2D eigenvalue weighted by molar-refractivity contribution is 0.738. The zero-order valence-corrected chi connectivity index (χ0v) is 10.3. The second-order valence-electron chi connectivity index (χ2n) is 4.65. The molecule has 1 aromatic carbocycles. The summed E-state index contributed by atoms with van der Waals surface area (Å²) >= 11 is 0. The molecule has 1 unspecified atom stereocenters. The van der Waals surface area contributed by atoms with Crippen LogP contribution in [0.5, 0.6) is 0 Å². The lowest BCUT2D eigenvalue weighted by Crippen LogP contribution is -2.17. The molecule has 0 spiro atoms. The maximum absolute atomic E-state index is 5.89. The van der Waals surface area contributed by atoms with E-state index in [4.69, 9.17) is 5.73 Å². The van der Waals surface area contributed by atoms with Crippen molar-refractivity contribution < 1.29 is 0 Å². The number of aromatic nitrogens is 1. The van der Waals surface area contributed by atoms with Crippen molar-refractivity contribution >= 4 is 10.9 Å². The highest BCUT2D eigenvalue weighted by Crippen LogP contribution is 2.23. The molecule has 2 N–H and O–H groups in total. The Morgan fingerprint density at radius 2 is 2.12 bits per heavy atom. The molecule has 1 aromatic heterocycles. The van der Waals surface area contributed by atoms with Crippen LogP contribution in [0.25, 0.3) is 10.9 Å². The van der Waals surface area contributed by atoms with Crippen LogP contribution in [0, 0.1) is 0 Å². The Bertz CT molecular complexity index is 495. The number of nitrogens with two attached hydrogens (primary N) is 1. The lowest BCUT2D eigenvalue weighted by atomic mass is 10.0. The summed E-state index contributed by atoms with van der Waals surface area (Å²) in [4.78, 5) is 0. The Hall–Kier alpha value is -1.28. The van der Waals surface area contributed by atoms with Gasteiger partial charge in [-0.3, -0.25) is 0 Å². The molecule has 0 saturated heterocycles. The van der Waals surface area contributed by atoms with Crippen LogP contribution in [0.3, 0.4) is 0 Å². The van der Waals surface area contributed by atoms with Crippen LogP contribution in [0.1, 0.15) is 25.0 Å². The van der Waals surface area contributed by atoms with Gasteiger partial charge in [0.1, 0.15) is 0 Å². The first kappa shape index (κ1) is 11.2. The molecule has 2 aromatic rings. The first-order chi connectivity index (χ1) is 7.61. The van der Waals surface area contributed by atoms with Crippen LogP contribution < -0.4 is 5.73 Å². The standard InChI is InChI=1S/C14H20N2/c1-4-11-5-6-14-13(8-11)12(7-10(2)15)9-16(14)3/h5-6,8-10H,4,7,15H2,1-3H3. The smallest absolute Gasteiger partial charge is 0.0480 e. The van der Waals surface area contributed by atoms with Crippen LogP contribution in [-0.2, 0) is 19.9 Å². The fourth-order valence-corrected chi connectivity index (χ4v) is 2.25. The van der Waals surface area contributed by atoms with Crippen LogP contribution >= 0.6 is 0 Å². The topological polar surface area (TPSA) is 30.9 Å². The van der Waals surface area contributed by atoms with E-state index >= 15 is 0 Å². The van der Waals surface area contributed by atoms with Gasteiger partial charge in [0.2, 0.25) is 0 Å². The first-order valence-electron chi connectivity index (χ1n) is 5.94. The molecule has 1 heterocycles. The summed E-state index contributed by atoms with van der Waals surface area (Å²) in [7, 11) is 2.10. The highest BCUT2D eigenvalue weighted by Gasteiger charge is 2.08. The van der Waals surface area contributed by atoms with E-state index in [2.05, 4.69) is 49.9 Å². The number of benzene rings is 1. The molecule has 2 rings (SSSR count). The van der Waals surface area contributed by atoms with Gasteiger partial charge in [0.15, 0.2) is 0 Å². The van der Waals surface area contributed by atoms with Crippen LogP contribution in [0.2, 0.25) is 0 Å². The Labute approximate surface area is 97.1 Å². The zero-order chi connectivity index (χ0) is 11.7. The molecule has 0 aliphatic carbocycles. The van der Waals surface area contributed by atoms with Gasteiger partial charge < -0.3 is 10.3 Å².